The molecule has 2 aromatic carbocycles. The van der Waals surface area contributed by atoms with Crippen molar-refractivity contribution in [2.24, 2.45) is 5.73 Å². The van der Waals surface area contributed by atoms with E-state index in [1.165, 1.54) is 27.1 Å². The molecule has 18 heavy (non-hydrogen) atoms. The van der Waals surface area contributed by atoms with Crippen molar-refractivity contribution in [1.29, 1.82) is 0 Å². The highest BCUT2D eigenvalue weighted by Gasteiger charge is 2.06. The fourth-order valence-electron chi connectivity index (χ4n) is 2.00. The summed E-state index contributed by atoms with van der Waals surface area (Å²) in [5, 5.41) is 0. The Labute approximate surface area is 113 Å². The van der Waals surface area contributed by atoms with Crippen LogP contribution in [0.2, 0.25) is 0 Å². The highest BCUT2D eigenvalue weighted by atomic mass is 32.2. The van der Waals surface area contributed by atoms with E-state index in [1.54, 1.807) is 0 Å². The first-order chi connectivity index (χ1) is 8.72. The molecule has 0 aliphatic rings. The minimum absolute atomic E-state index is 0.609. The molecular weight excluding hydrogens is 238 g/mol. The van der Waals surface area contributed by atoms with Crippen LogP contribution in [0.5, 0.6) is 0 Å². The van der Waals surface area contributed by atoms with E-state index in [2.05, 4.69) is 56.3 Å². The second kappa shape index (κ2) is 6.07. The van der Waals surface area contributed by atoms with Crippen molar-refractivity contribution < 1.29 is 0 Å². The first-order valence-corrected chi connectivity index (χ1v) is 7.17. The summed E-state index contributed by atoms with van der Waals surface area (Å²) in [6.45, 7) is 4.93. The summed E-state index contributed by atoms with van der Waals surface area (Å²) in [5.41, 5.74) is 11.1. The lowest BCUT2D eigenvalue weighted by atomic mass is 10.1. The molecule has 0 heterocycles. The second-order valence-electron chi connectivity index (χ2n) is 4.48. The summed E-state index contributed by atoms with van der Waals surface area (Å²) in [7, 11) is 0. The predicted octanol–water partition coefficient (Wildman–Crippen LogP) is 4.05. The minimum atomic E-state index is 0.609. The van der Waals surface area contributed by atoms with Gasteiger partial charge in [0.1, 0.15) is 0 Å². The van der Waals surface area contributed by atoms with Crippen LogP contribution in [0.3, 0.4) is 0 Å². The van der Waals surface area contributed by atoms with E-state index in [1.807, 2.05) is 11.8 Å². The standard InChI is InChI=1S/C16H19NS/c1-12-6-3-4-8-15(12)11-18-16-13(2)7-5-9-14(16)10-17/h3-9H,10-11,17H2,1-2H3. The molecule has 2 heteroatoms. The number of hydrogen-bond acceptors (Lipinski definition) is 2. The number of nitrogens with two attached hydrogens (primary N) is 1. The first kappa shape index (κ1) is 13.2. The van der Waals surface area contributed by atoms with E-state index >= 15 is 0 Å². The average molecular weight is 257 g/mol. The van der Waals surface area contributed by atoms with Crippen molar-refractivity contribution in [3.8, 4) is 0 Å². The zero-order valence-corrected chi connectivity index (χ0v) is 11.8. The highest BCUT2D eigenvalue weighted by molar-refractivity contribution is 7.98. The molecule has 1 nitrogen and oxygen atoms in total. The second-order valence-corrected chi connectivity index (χ2v) is 5.47. The van der Waals surface area contributed by atoms with Gasteiger partial charge in [0.2, 0.25) is 0 Å². The summed E-state index contributed by atoms with van der Waals surface area (Å²) in [4.78, 5) is 1.34. The summed E-state index contributed by atoms with van der Waals surface area (Å²) in [6.07, 6.45) is 0. The van der Waals surface area contributed by atoms with Gasteiger partial charge < -0.3 is 5.73 Å². The van der Waals surface area contributed by atoms with Crippen LogP contribution in [0.25, 0.3) is 0 Å². The van der Waals surface area contributed by atoms with E-state index in [0.717, 1.165) is 5.75 Å². The van der Waals surface area contributed by atoms with Gasteiger partial charge in [0, 0.05) is 17.2 Å². The van der Waals surface area contributed by atoms with E-state index < -0.39 is 0 Å². The molecule has 0 unspecified atom stereocenters. The van der Waals surface area contributed by atoms with Crippen LogP contribution >= 0.6 is 11.8 Å². The maximum atomic E-state index is 5.81. The number of thioether (sulfide) groups is 1. The molecule has 0 atom stereocenters. The van der Waals surface area contributed by atoms with E-state index in [-0.39, 0.29) is 0 Å². The van der Waals surface area contributed by atoms with Crippen molar-refractivity contribution in [2.75, 3.05) is 0 Å². The summed E-state index contributed by atoms with van der Waals surface area (Å²) >= 11 is 1.89. The Bertz CT molecular complexity index is 534. The van der Waals surface area contributed by atoms with Crippen LogP contribution in [0.4, 0.5) is 0 Å². The third-order valence-corrected chi connectivity index (χ3v) is 4.47. The van der Waals surface area contributed by atoms with Crippen molar-refractivity contribution in [1.82, 2.24) is 0 Å². The van der Waals surface area contributed by atoms with Crippen LogP contribution < -0.4 is 5.73 Å². The Kier molecular flexibility index (Phi) is 4.45. The Morgan fingerprint density at radius 1 is 0.889 bits per heavy atom. The lowest BCUT2D eigenvalue weighted by molar-refractivity contribution is 1.01. The zero-order chi connectivity index (χ0) is 13.0. The number of hydrogen-bond donors (Lipinski definition) is 1. The smallest absolute Gasteiger partial charge is 0.0234 e. The Balaban J connectivity index is 2.18. The monoisotopic (exact) mass is 257 g/mol. The van der Waals surface area contributed by atoms with E-state index in [9.17, 15) is 0 Å². The number of aryl methyl sites for hydroxylation is 2. The minimum Gasteiger partial charge on any atom is -0.326 e. The molecule has 0 saturated heterocycles. The quantitative estimate of drug-likeness (QED) is 0.836. The molecule has 94 valence electrons. The van der Waals surface area contributed by atoms with Gasteiger partial charge >= 0.3 is 0 Å². The first-order valence-electron chi connectivity index (χ1n) is 6.18. The summed E-state index contributed by atoms with van der Waals surface area (Å²) in [6, 6.07) is 14.9. The third kappa shape index (κ3) is 2.95. The number of rotatable bonds is 4. The normalized spacial score (nSPS) is 10.6. The molecule has 0 aliphatic heterocycles. The van der Waals surface area contributed by atoms with Gasteiger partial charge in [0.05, 0.1) is 0 Å². The molecule has 0 aromatic heterocycles. The molecule has 2 rings (SSSR count). The Morgan fingerprint density at radius 3 is 2.28 bits per heavy atom. The molecule has 2 N–H and O–H groups in total. The van der Waals surface area contributed by atoms with Gasteiger partial charge in [0.15, 0.2) is 0 Å². The van der Waals surface area contributed by atoms with Crippen molar-refractivity contribution in [3.63, 3.8) is 0 Å². The van der Waals surface area contributed by atoms with Crippen molar-refractivity contribution in [2.45, 2.75) is 31.0 Å². The van der Waals surface area contributed by atoms with E-state index in [0.29, 0.717) is 6.54 Å². The molecule has 0 fully saturated rings. The van der Waals surface area contributed by atoms with Gasteiger partial charge in [0.25, 0.3) is 0 Å². The van der Waals surface area contributed by atoms with Gasteiger partial charge in [-0.15, -0.1) is 11.8 Å². The van der Waals surface area contributed by atoms with Crippen LogP contribution in [0.15, 0.2) is 47.4 Å². The van der Waals surface area contributed by atoms with E-state index in [4.69, 9.17) is 5.73 Å². The van der Waals surface area contributed by atoms with Crippen LogP contribution in [-0.2, 0) is 12.3 Å². The average Bonchev–Trinajstić information content (AvgIpc) is 2.39. The fourth-order valence-corrected chi connectivity index (χ4v) is 3.26. The highest BCUT2D eigenvalue weighted by Crippen LogP contribution is 2.30. The Hall–Kier alpha value is -1.25. The maximum Gasteiger partial charge on any atom is 0.0234 e. The number of benzene rings is 2. The predicted molar refractivity (Wildman–Crippen MR) is 79.8 cm³/mol. The largest absolute Gasteiger partial charge is 0.326 e. The molecule has 0 radical (unpaired) electrons. The van der Waals surface area contributed by atoms with Crippen LogP contribution in [-0.4, -0.2) is 0 Å². The van der Waals surface area contributed by atoms with Crippen LogP contribution in [0, 0.1) is 13.8 Å². The molecule has 0 bridgehead atoms. The summed E-state index contributed by atoms with van der Waals surface area (Å²) < 4.78 is 0. The van der Waals surface area contributed by atoms with Crippen LogP contribution in [0.1, 0.15) is 22.3 Å². The molecule has 0 aliphatic carbocycles. The zero-order valence-electron chi connectivity index (χ0n) is 10.9. The molecule has 2 aromatic rings. The van der Waals surface area contributed by atoms with Crippen molar-refractivity contribution >= 4 is 11.8 Å². The van der Waals surface area contributed by atoms with Gasteiger partial charge in [-0.05, 0) is 36.1 Å². The lowest BCUT2D eigenvalue weighted by Gasteiger charge is -2.11. The molecular formula is C16H19NS. The molecule has 0 spiro atoms. The summed E-state index contributed by atoms with van der Waals surface area (Å²) in [5.74, 6) is 1.00. The molecule has 0 saturated carbocycles. The molecule has 0 amide bonds. The van der Waals surface area contributed by atoms with Gasteiger partial charge in [-0.1, -0.05) is 42.5 Å². The SMILES string of the molecule is Cc1ccccc1CSc1c(C)cccc1CN. The van der Waals surface area contributed by atoms with Crippen molar-refractivity contribution in [3.05, 3.63) is 64.7 Å². The topological polar surface area (TPSA) is 26.0 Å². The van der Waals surface area contributed by atoms with Gasteiger partial charge in [-0.25, -0.2) is 0 Å². The lowest BCUT2D eigenvalue weighted by Crippen LogP contribution is -2.00. The Morgan fingerprint density at radius 2 is 1.56 bits per heavy atom. The van der Waals surface area contributed by atoms with Gasteiger partial charge in [-0.2, -0.15) is 0 Å². The van der Waals surface area contributed by atoms with Gasteiger partial charge in [-0.3, -0.25) is 0 Å². The maximum absolute atomic E-state index is 5.81. The fraction of sp³-hybridized carbons (Fsp3) is 0.250. The third-order valence-electron chi connectivity index (χ3n) is 3.15.